The summed E-state index contributed by atoms with van der Waals surface area (Å²) in [6.45, 7) is 1.07. The Kier molecular flexibility index (Phi) is 6.79. The minimum atomic E-state index is -4.75. The molecule has 1 aliphatic heterocycles. The molecule has 1 saturated heterocycles. The second-order valence-electron chi connectivity index (χ2n) is 7.62. The minimum absolute atomic E-state index is 0.127. The molecule has 35 heavy (non-hydrogen) atoms. The summed E-state index contributed by atoms with van der Waals surface area (Å²) in [7, 11) is 0. The SMILES string of the molecule is N#Cc1ccc(C(=O)N2CCOC[C@@H]2CNC(=O)c2ccc(-c3noc(C(F)(F)F)n3)cc2)cc1. The fourth-order valence-corrected chi connectivity index (χ4v) is 3.48. The molecule has 1 aliphatic rings. The molecular weight excluding hydrogens is 467 g/mol. The molecule has 9 nitrogen and oxygen atoms in total. The van der Waals surface area contributed by atoms with Crippen LogP contribution in [0.1, 0.15) is 32.2 Å². The standard InChI is InChI=1S/C23H18F3N5O4/c24-23(25,26)22-29-19(30-35-22)15-5-7-16(8-6-15)20(32)28-12-18-13-34-10-9-31(18)21(33)17-3-1-14(11-27)2-4-17/h1-8,18H,9-10,12-13H2,(H,28,32)/t18-/m0/s1. The van der Waals surface area contributed by atoms with E-state index in [2.05, 4.69) is 20.0 Å². The van der Waals surface area contributed by atoms with E-state index in [0.717, 1.165) is 0 Å². The molecule has 2 aromatic carbocycles. The number of aromatic nitrogens is 2. The van der Waals surface area contributed by atoms with E-state index in [1.807, 2.05) is 6.07 Å². The summed E-state index contributed by atoms with van der Waals surface area (Å²) in [5.74, 6) is -2.37. The van der Waals surface area contributed by atoms with Crippen molar-refractivity contribution in [2.75, 3.05) is 26.3 Å². The number of nitriles is 1. The van der Waals surface area contributed by atoms with Gasteiger partial charge < -0.3 is 19.5 Å². The van der Waals surface area contributed by atoms with Crippen LogP contribution in [-0.4, -0.2) is 59.2 Å². The number of hydrogen-bond acceptors (Lipinski definition) is 7. The number of carbonyl (C=O) groups is 2. The fraction of sp³-hybridized carbons (Fsp3) is 0.261. The van der Waals surface area contributed by atoms with Crippen LogP contribution in [0.3, 0.4) is 0 Å². The van der Waals surface area contributed by atoms with E-state index < -0.39 is 24.0 Å². The van der Waals surface area contributed by atoms with Crippen molar-refractivity contribution < 1.29 is 32.0 Å². The molecule has 1 atom stereocenters. The molecule has 0 unspecified atom stereocenters. The van der Waals surface area contributed by atoms with Crippen LogP contribution in [0.5, 0.6) is 0 Å². The zero-order valence-corrected chi connectivity index (χ0v) is 18.1. The van der Waals surface area contributed by atoms with E-state index in [0.29, 0.717) is 24.3 Å². The quantitative estimate of drug-likeness (QED) is 0.590. The summed E-state index contributed by atoms with van der Waals surface area (Å²) in [5, 5.41) is 15.0. The third kappa shape index (κ3) is 5.47. The Labute approximate surface area is 197 Å². The predicted molar refractivity (Wildman–Crippen MR) is 114 cm³/mol. The van der Waals surface area contributed by atoms with Gasteiger partial charge in [-0.15, -0.1) is 0 Å². The molecule has 12 heteroatoms. The monoisotopic (exact) mass is 485 g/mol. The van der Waals surface area contributed by atoms with Crippen molar-refractivity contribution in [3.05, 3.63) is 71.1 Å². The van der Waals surface area contributed by atoms with Crippen molar-refractivity contribution in [2.24, 2.45) is 0 Å². The van der Waals surface area contributed by atoms with E-state index in [-0.39, 0.29) is 36.0 Å². The molecule has 1 N–H and O–H groups in total. The van der Waals surface area contributed by atoms with Crippen LogP contribution in [0.15, 0.2) is 53.1 Å². The smallest absolute Gasteiger partial charge is 0.377 e. The molecule has 1 aromatic heterocycles. The molecule has 2 amide bonds. The summed E-state index contributed by atoms with van der Waals surface area (Å²) in [4.78, 5) is 30.5. The lowest BCUT2D eigenvalue weighted by molar-refractivity contribution is -0.159. The van der Waals surface area contributed by atoms with Crippen LogP contribution in [0, 0.1) is 11.3 Å². The summed E-state index contributed by atoms with van der Waals surface area (Å²) in [5.41, 5.74) is 1.38. The maximum Gasteiger partial charge on any atom is 0.471 e. The number of ether oxygens (including phenoxy) is 1. The summed E-state index contributed by atoms with van der Waals surface area (Å²) >= 11 is 0. The van der Waals surface area contributed by atoms with Crippen LogP contribution < -0.4 is 5.32 Å². The average Bonchev–Trinajstić information content (AvgIpc) is 3.38. The van der Waals surface area contributed by atoms with Gasteiger partial charge in [0.1, 0.15) is 0 Å². The van der Waals surface area contributed by atoms with Gasteiger partial charge in [-0.1, -0.05) is 17.3 Å². The normalized spacial score (nSPS) is 15.9. The largest absolute Gasteiger partial charge is 0.471 e. The number of halogens is 3. The van der Waals surface area contributed by atoms with Crippen LogP contribution >= 0.6 is 0 Å². The molecule has 4 rings (SSSR count). The van der Waals surface area contributed by atoms with Gasteiger partial charge in [0.25, 0.3) is 11.8 Å². The highest BCUT2D eigenvalue weighted by Gasteiger charge is 2.38. The lowest BCUT2D eigenvalue weighted by Gasteiger charge is -2.35. The highest BCUT2D eigenvalue weighted by molar-refractivity contribution is 5.95. The second-order valence-corrected chi connectivity index (χ2v) is 7.62. The van der Waals surface area contributed by atoms with Gasteiger partial charge in [0.2, 0.25) is 5.82 Å². The van der Waals surface area contributed by atoms with Crippen molar-refractivity contribution in [1.29, 1.82) is 5.26 Å². The number of nitrogens with zero attached hydrogens (tertiary/aromatic N) is 4. The van der Waals surface area contributed by atoms with Gasteiger partial charge in [-0.2, -0.15) is 23.4 Å². The Morgan fingerprint density at radius 3 is 2.43 bits per heavy atom. The number of amides is 2. The van der Waals surface area contributed by atoms with Crippen LogP contribution in [-0.2, 0) is 10.9 Å². The number of alkyl halides is 3. The number of nitrogens with one attached hydrogen (secondary N) is 1. The number of benzene rings is 2. The second kappa shape index (κ2) is 9.94. The molecule has 180 valence electrons. The highest BCUT2D eigenvalue weighted by atomic mass is 19.4. The Balaban J connectivity index is 1.38. The maximum atomic E-state index is 12.9. The predicted octanol–water partition coefficient (Wildman–Crippen LogP) is 2.90. The van der Waals surface area contributed by atoms with E-state index >= 15 is 0 Å². The molecule has 0 spiro atoms. The molecule has 3 aromatic rings. The van der Waals surface area contributed by atoms with E-state index in [1.165, 1.54) is 24.3 Å². The first-order valence-electron chi connectivity index (χ1n) is 10.4. The first-order chi connectivity index (χ1) is 16.8. The van der Waals surface area contributed by atoms with Crippen molar-refractivity contribution in [2.45, 2.75) is 12.2 Å². The molecular formula is C23H18F3N5O4. The van der Waals surface area contributed by atoms with Crippen LogP contribution in [0.25, 0.3) is 11.4 Å². The highest BCUT2D eigenvalue weighted by Crippen LogP contribution is 2.29. The number of hydrogen-bond donors (Lipinski definition) is 1. The van der Waals surface area contributed by atoms with Gasteiger partial charge >= 0.3 is 12.1 Å². The number of carbonyl (C=O) groups excluding carboxylic acids is 2. The number of rotatable bonds is 5. The van der Waals surface area contributed by atoms with Crippen molar-refractivity contribution in [3.63, 3.8) is 0 Å². The van der Waals surface area contributed by atoms with Crippen molar-refractivity contribution in [3.8, 4) is 17.5 Å². The van der Waals surface area contributed by atoms with Gasteiger partial charge in [-0.3, -0.25) is 9.59 Å². The molecule has 0 aliphatic carbocycles. The van der Waals surface area contributed by atoms with Crippen LogP contribution in [0.2, 0.25) is 0 Å². The third-order valence-corrected chi connectivity index (χ3v) is 5.32. The summed E-state index contributed by atoms with van der Waals surface area (Å²) < 4.78 is 47.6. The lowest BCUT2D eigenvalue weighted by atomic mass is 10.1. The number of morpholine rings is 1. The molecule has 0 saturated carbocycles. The Morgan fingerprint density at radius 1 is 1.11 bits per heavy atom. The van der Waals surface area contributed by atoms with Crippen LogP contribution in [0.4, 0.5) is 13.2 Å². The molecule has 2 heterocycles. The molecule has 0 bridgehead atoms. The van der Waals surface area contributed by atoms with E-state index in [4.69, 9.17) is 10.00 Å². The Bertz CT molecular complexity index is 1250. The zero-order chi connectivity index (χ0) is 25.0. The summed E-state index contributed by atoms with van der Waals surface area (Å²) in [6, 6.07) is 13.5. The molecule has 0 radical (unpaired) electrons. The zero-order valence-electron chi connectivity index (χ0n) is 18.1. The topological polar surface area (TPSA) is 121 Å². The van der Waals surface area contributed by atoms with Gasteiger partial charge in [-0.05, 0) is 36.4 Å². The first-order valence-corrected chi connectivity index (χ1v) is 10.4. The van der Waals surface area contributed by atoms with E-state index in [9.17, 15) is 22.8 Å². The fourth-order valence-electron chi connectivity index (χ4n) is 3.48. The average molecular weight is 485 g/mol. The van der Waals surface area contributed by atoms with Gasteiger partial charge in [0, 0.05) is 29.8 Å². The minimum Gasteiger partial charge on any atom is -0.377 e. The lowest BCUT2D eigenvalue weighted by Crippen LogP contribution is -2.53. The summed E-state index contributed by atoms with van der Waals surface area (Å²) in [6.07, 6.45) is -4.75. The van der Waals surface area contributed by atoms with Crippen molar-refractivity contribution in [1.82, 2.24) is 20.4 Å². The third-order valence-electron chi connectivity index (χ3n) is 5.32. The van der Waals surface area contributed by atoms with Gasteiger partial charge in [0.05, 0.1) is 30.9 Å². The van der Waals surface area contributed by atoms with Crippen molar-refractivity contribution >= 4 is 11.8 Å². The maximum absolute atomic E-state index is 12.9. The van der Waals surface area contributed by atoms with Gasteiger partial charge in [-0.25, -0.2) is 0 Å². The van der Waals surface area contributed by atoms with Gasteiger partial charge in [0.15, 0.2) is 0 Å². The van der Waals surface area contributed by atoms with E-state index in [1.54, 1.807) is 29.2 Å². The first kappa shape index (κ1) is 23.9. The Hall–Kier alpha value is -4.24. The molecule has 1 fully saturated rings. The Morgan fingerprint density at radius 2 is 1.80 bits per heavy atom.